The minimum atomic E-state index is 0.447. The Bertz CT molecular complexity index is 91.6. The standard InChI is InChI=1S/C7H15NS/c1-7(2,3)9-6-8-4-5-8/h4-6H2,1-3H3. The molecule has 0 atom stereocenters. The summed E-state index contributed by atoms with van der Waals surface area (Å²) in [6.45, 7) is 9.44. The van der Waals surface area contributed by atoms with Crippen molar-refractivity contribution in [3.05, 3.63) is 0 Å². The van der Waals surface area contributed by atoms with Crippen LogP contribution in [0.4, 0.5) is 0 Å². The molecule has 1 aliphatic heterocycles. The van der Waals surface area contributed by atoms with E-state index in [-0.39, 0.29) is 0 Å². The first-order chi connectivity index (χ1) is 4.08. The van der Waals surface area contributed by atoms with Crippen molar-refractivity contribution in [2.75, 3.05) is 19.0 Å². The van der Waals surface area contributed by atoms with Crippen LogP contribution in [0.2, 0.25) is 0 Å². The van der Waals surface area contributed by atoms with Crippen LogP contribution >= 0.6 is 11.8 Å². The third kappa shape index (κ3) is 3.82. The lowest BCUT2D eigenvalue weighted by Crippen LogP contribution is -2.11. The maximum atomic E-state index is 2.44. The summed E-state index contributed by atoms with van der Waals surface area (Å²) in [5, 5.41) is 0. The van der Waals surface area contributed by atoms with Gasteiger partial charge >= 0.3 is 0 Å². The molecule has 0 aromatic rings. The van der Waals surface area contributed by atoms with E-state index in [0.29, 0.717) is 4.75 Å². The van der Waals surface area contributed by atoms with Gasteiger partial charge in [-0.1, -0.05) is 20.8 Å². The second kappa shape index (κ2) is 2.51. The van der Waals surface area contributed by atoms with E-state index < -0.39 is 0 Å². The Labute approximate surface area is 61.8 Å². The van der Waals surface area contributed by atoms with Gasteiger partial charge in [-0.25, -0.2) is 0 Å². The van der Waals surface area contributed by atoms with E-state index in [2.05, 4.69) is 25.7 Å². The minimum Gasteiger partial charge on any atom is -0.292 e. The first kappa shape index (κ1) is 7.42. The van der Waals surface area contributed by atoms with E-state index >= 15 is 0 Å². The summed E-state index contributed by atoms with van der Waals surface area (Å²) in [4.78, 5) is 2.44. The van der Waals surface area contributed by atoms with Crippen molar-refractivity contribution in [2.24, 2.45) is 0 Å². The van der Waals surface area contributed by atoms with Gasteiger partial charge in [-0.3, -0.25) is 4.90 Å². The first-order valence-electron chi connectivity index (χ1n) is 3.44. The van der Waals surface area contributed by atoms with Gasteiger partial charge in [0.25, 0.3) is 0 Å². The molecule has 0 aromatic carbocycles. The van der Waals surface area contributed by atoms with Gasteiger partial charge in [-0.15, -0.1) is 11.8 Å². The maximum Gasteiger partial charge on any atom is 0.0450 e. The van der Waals surface area contributed by atoms with Gasteiger partial charge in [-0.2, -0.15) is 0 Å². The van der Waals surface area contributed by atoms with Crippen LogP contribution in [-0.4, -0.2) is 28.6 Å². The smallest absolute Gasteiger partial charge is 0.0450 e. The highest BCUT2D eigenvalue weighted by Crippen LogP contribution is 2.25. The van der Waals surface area contributed by atoms with Crippen molar-refractivity contribution in [2.45, 2.75) is 25.5 Å². The molecule has 0 saturated carbocycles. The van der Waals surface area contributed by atoms with Crippen molar-refractivity contribution in [3.63, 3.8) is 0 Å². The van der Waals surface area contributed by atoms with Crippen LogP contribution in [0, 0.1) is 0 Å². The lowest BCUT2D eigenvalue weighted by Gasteiger charge is -2.17. The summed E-state index contributed by atoms with van der Waals surface area (Å²) in [6, 6.07) is 0. The molecular formula is C7H15NS. The highest BCUT2D eigenvalue weighted by atomic mass is 32.2. The van der Waals surface area contributed by atoms with Crippen LogP contribution in [0.25, 0.3) is 0 Å². The number of thioether (sulfide) groups is 1. The van der Waals surface area contributed by atoms with Crippen LogP contribution in [-0.2, 0) is 0 Å². The Balaban J connectivity index is 2.03. The minimum absolute atomic E-state index is 0.447. The molecule has 0 aliphatic carbocycles. The lowest BCUT2D eigenvalue weighted by atomic mass is 10.3. The summed E-state index contributed by atoms with van der Waals surface area (Å²) >= 11 is 2.03. The topological polar surface area (TPSA) is 3.01 Å². The molecule has 2 heteroatoms. The van der Waals surface area contributed by atoms with Gasteiger partial charge in [0.2, 0.25) is 0 Å². The molecule has 9 heavy (non-hydrogen) atoms. The average molecular weight is 145 g/mol. The SMILES string of the molecule is CC(C)(C)SCN1CC1. The van der Waals surface area contributed by atoms with Gasteiger partial charge in [0.15, 0.2) is 0 Å². The number of hydrogen-bond acceptors (Lipinski definition) is 2. The quantitative estimate of drug-likeness (QED) is 0.545. The Kier molecular flexibility index (Phi) is 2.07. The maximum absolute atomic E-state index is 2.44. The Morgan fingerprint density at radius 3 is 2.22 bits per heavy atom. The van der Waals surface area contributed by atoms with Crippen LogP contribution in [0.5, 0.6) is 0 Å². The Hall–Kier alpha value is 0.310. The molecule has 0 unspecified atom stereocenters. The van der Waals surface area contributed by atoms with Gasteiger partial charge in [0, 0.05) is 23.7 Å². The highest BCUT2D eigenvalue weighted by Gasteiger charge is 2.20. The molecule has 1 saturated heterocycles. The highest BCUT2D eigenvalue weighted by molar-refractivity contribution is 8.00. The molecule has 0 radical (unpaired) electrons. The van der Waals surface area contributed by atoms with Crippen LogP contribution < -0.4 is 0 Å². The normalized spacial score (nSPS) is 20.3. The molecule has 1 aliphatic rings. The molecule has 1 nitrogen and oxygen atoms in total. The van der Waals surface area contributed by atoms with Crippen molar-refractivity contribution in [1.29, 1.82) is 0 Å². The Morgan fingerprint density at radius 1 is 1.33 bits per heavy atom. The lowest BCUT2D eigenvalue weighted by molar-refractivity contribution is 0.661. The van der Waals surface area contributed by atoms with E-state index in [4.69, 9.17) is 0 Å². The Morgan fingerprint density at radius 2 is 1.89 bits per heavy atom. The molecule has 0 aromatic heterocycles. The first-order valence-corrected chi connectivity index (χ1v) is 4.43. The van der Waals surface area contributed by atoms with Crippen molar-refractivity contribution in [1.82, 2.24) is 4.90 Å². The van der Waals surface area contributed by atoms with Crippen molar-refractivity contribution in [3.8, 4) is 0 Å². The monoisotopic (exact) mass is 145 g/mol. The van der Waals surface area contributed by atoms with E-state index in [9.17, 15) is 0 Å². The third-order valence-corrected chi connectivity index (χ3v) is 2.58. The van der Waals surface area contributed by atoms with E-state index in [0.717, 1.165) is 0 Å². The van der Waals surface area contributed by atoms with E-state index in [1.54, 1.807) is 0 Å². The predicted octanol–water partition coefficient (Wildman–Crippen LogP) is 1.79. The molecule has 1 fully saturated rings. The van der Waals surface area contributed by atoms with E-state index in [1.807, 2.05) is 11.8 Å². The third-order valence-electron chi connectivity index (χ3n) is 1.22. The average Bonchev–Trinajstić information content (AvgIpc) is 2.38. The molecule has 1 heterocycles. The second-order valence-electron chi connectivity index (χ2n) is 3.50. The van der Waals surface area contributed by atoms with Crippen LogP contribution in [0.15, 0.2) is 0 Å². The molecule has 1 rings (SSSR count). The predicted molar refractivity (Wildman–Crippen MR) is 43.8 cm³/mol. The molecule has 0 bridgehead atoms. The largest absolute Gasteiger partial charge is 0.292 e. The zero-order chi connectivity index (χ0) is 6.91. The molecule has 0 N–H and O–H groups in total. The fourth-order valence-corrected chi connectivity index (χ4v) is 1.31. The van der Waals surface area contributed by atoms with Gasteiger partial charge < -0.3 is 0 Å². The number of nitrogens with zero attached hydrogens (tertiary/aromatic N) is 1. The summed E-state index contributed by atoms with van der Waals surface area (Å²) < 4.78 is 0.447. The fraction of sp³-hybridized carbons (Fsp3) is 1.00. The fourth-order valence-electron chi connectivity index (χ4n) is 0.485. The molecule has 54 valence electrons. The number of hydrogen-bond donors (Lipinski definition) is 0. The van der Waals surface area contributed by atoms with Gasteiger partial charge in [0.1, 0.15) is 0 Å². The molecule has 0 amide bonds. The molecular weight excluding hydrogens is 130 g/mol. The summed E-state index contributed by atoms with van der Waals surface area (Å²) in [5.74, 6) is 1.23. The molecule has 0 spiro atoms. The number of rotatable bonds is 2. The van der Waals surface area contributed by atoms with Crippen molar-refractivity contribution < 1.29 is 0 Å². The summed E-state index contributed by atoms with van der Waals surface area (Å²) in [5.41, 5.74) is 0. The van der Waals surface area contributed by atoms with Crippen molar-refractivity contribution >= 4 is 11.8 Å². The summed E-state index contributed by atoms with van der Waals surface area (Å²) in [7, 11) is 0. The van der Waals surface area contributed by atoms with Gasteiger partial charge in [0.05, 0.1) is 0 Å². The van der Waals surface area contributed by atoms with E-state index in [1.165, 1.54) is 19.0 Å². The zero-order valence-electron chi connectivity index (χ0n) is 6.48. The summed E-state index contributed by atoms with van der Waals surface area (Å²) in [6.07, 6.45) is 0. The van der Waals surface area contributed by atoms with Crippen LogP contribution in [0.3, 0.4) is 0 Å². The zero-order valence-corrected chi connectivity index (χ0v) is 7.29. The van der Waals surface area contributed by atoms with Crippen LogP contribution in [0.1, 0.15) is 20.8 Å². The van der Waals surface area contributed by atoms with Gasteiger partial charge in [-0.05, 0) is 0 Å². The second-order valence-corrected chi connectivity index (χ2v) is 5.28.